The number of anilines is 1. The van der Waals surface area contributed by atoms with E-state index >= 15 is 4.39 Å². The minimum Gasteiger partial charge on any atom is -0.471 e. The standard InChI is InChI=1S/C47H51F4N9O11/c48-33-25-59(40(63)22-28-6-8-30(9-7-28)71-47(49,50)51)17-12-37(33)70-44-32(42(52)64)23-29(24-55-44)35-26-58(27-56-35)16-2-1-14-54-38(61)13-18-68-20-21-69-19-15-53-34-5-3-4-31-41(34)46(67)60(45(31)66)36-10-11-39(62)57-43(36)65/h3-9,23-24,26-27,33,36-37,53H,1-2,10-22,25H2,(H2,52,64)(H,54,61)(H,57,62,65)/t33-,36?,37-/m1/s1. The molecule has 2 aromatic carbocycles. The van der Waals surface area contributed by atoms with Crippen molar-refractivity contribution in [2.45, 2.75) is 76.2 Å². The normalized spacial score (nSPS) is 18.0. The fourth-order valence-electron chi connectivity index (χ4n) is 8.12. The number of ether oxygens (including phenoxy) is 4. The summed E-state index contributed by atoms with van der Waals surface area (Å²) < 4.78 is 75.3. The first kappa shape index (κ1) is 51.4. The van der Waals surface area contributed by atoms with E-state index in [1.165, 1.54) is 35.4 Å². The average molecular weight is 994 g/mol. The van der Waals surface area contributed by atoms with Gasteiger partial charge in [0.25, 0.3) is 17.7 Å². The highest BCUT2D eigenvalue weighted by Crippen LogP contribution is 2.33. The van der Waals surface area contributed by atoms with Gasteiger partial charge in [0.15, 0.2) is 6.17 Å². The van der Waals surface area contributed by atoms with Gasteiger partial charge in [-0.1, -0.05) is 18.2 Å². The van der Waals surface area contributed by atoms with Crippen LogP contribution in [0.15, 0.2) is 67.3 Å². The first-order valence-electron chi connectivity index (χ1n) is 22.8. The highest BCUT2D eigenvalue weighted by atomic mass is 19.4. The molecule has 378 valence electrons. The number of piperidine rings is 2. The molecule has 71 heavy (non-hydrogen) atoms. The van der Waals surface area contributed by atoms with Crippen molar-refractivity contribution in [1.29, 1.82) is 0 Å². The molecule has 0 saturated carbocycles. The number of alkyl halides is 4. The molecule has 5 heterocycles. The quantitative estimate of drug-likeness (QED) is 0.0473. The fraction of sp³-hybridized carbons (Fsp3) is 0.426. The summed E-state index contributed by atoms with van der Waals surface area (Å²) in [6.07, 6.45) is -1.19. The van der Waals surface area contributed by atoms with E-state index in [2.05, 4.69) is 30.7 Å². The van der Waals surface area contributed by atoms with Crippen molar-refractivity contribution in [1.82, 2.24) is 35.0 Å². The van der Waals surface area contributed by atoms with Gasteiger partial charge in [-0.05, 0) is 55.2 Å². The van der Waals surface area contributed by atoms with Gasteiger partial charge in [-0.2, -0.15) is 0 Å². The van der Waals surface area contributed by atoms with Gasteiger partial charge in [-0.15, -0.1) is 13.2 Å². The number of nitrogens with two attached hydrogens (primary N) is 1. The van der Waals surface area contributed by atoms with E-state index < -0.39 is 65.9 Å². The van der Waals surface area contributed by atoms with Crippen molar-refractivity contribution in [2.75, 3.05) is 57.9 Å². The summed E-state index contributed by atoms with van der Waals surface area (Å²) in [6, 6.07) is 10.0. The Bertz CT molecular complexity index is 2610. The molecule has 5 N–H and O–H groups in total. The number of rotatable bonds is 23. The summed E-state index contributed by atoms with van der Waals surface area (Å²) >= 11 is 0. The molecule has 2 fully saturated rings. The Morgan fingerprint density at radius 3 is 2.42 bits per heavy atom. The van der Waals surface area contributed by atoms with E-state index in [4.69, 9.17) is 19.9 Å². The molecule has 0 radical (unpaired) electrons. The summed E-state index contributed by atoms with van der Waals surface area (Å²) in [7, 11) is 0. The van der Waals surface area contributed by atoms with Crippen LogP contribution in [0.5, 0.6) is 11.6 Å². The zero-order valence-corrected chi connectivity index (χ0v) is 38.2. The molecule has 3 atom stereocenters. The molecule has 24 heteroatoms. The predicted molar refractivity (Wildman–Crippen MR) is 241 cm³/mol. The number of aromatic nitrogens is 3. The number of aryl methyl sites for hydroxylation is 1. The van der Waals surface area contributed by atoms with Crippen LogP contribution in [0.2, 0.25) is 0 Å². The van der Waals surface area contributed by atoms with E-state index in [0.29, 0.717) is 55.0 Å². The van der Waals surface area contributed by atoms with Crippen LogP contribution in [0.25, 0.3) is 11.3 Å². The van der Waals surface area contributed by atoms with Crippen LogP contribution in [0.4, 0.5) is 23.2 Å². The first-order chi connectivity index (χ1) is 34.0. The zero-order chi connectivity index (χ0) is 50.7. The summed E-state index contributed by atoms with van der Waals surface area (Å²) in [5.41, 5.74) is 7.69. The molecule has 3 aliphatic rings. The molecular formula is C47H51F4N9O11. The molecule has 2 saturated heterocycles. The molecule has 3 aliphatic heterocycles. The molecule has 7 rings (SSSR count). The molecule has 0 bridgehead atoms. The predicted octanol–water partition coefficient (Wildman–Crippen LogP) is 3.34. The lowest BCUT2D eigenvalue weighted by molar-refractivity contribution is -0.274. The second kappa shape index (κ2) is 23.4. The summed E-state index contributed by atoms with van der Waals surface area (Å²) in [4.78, 5) is 98.7. The van der Waals surface area contributed by atoms with Gasteiger partial charge >= 0.3 is 6.36 Å². The molecule has 0 aliphatic carbocycles. The van der Waals surface area contributed by atoms with E-state index in [9.17, 15) is 46.7 Å². The summed E-state index contributed by atoms with van der Waals surface area (Å²) in [5, 5.41) is 8.14. The Morgan fingerprint density at radius 2 is 1.69 bits per heavy atom. The topological polar surface area (TPSA) is 256 Å². The Morgan fingerprint density at radius 1 is 0.915 bits per heavy atom. The largest absolute Gasteiger partial charge is 0.573 e. The van der Waals surface area contributed by atoms with Gasteiger partial charge in [-0.25, -0.2) is 14.4 Å². The van der Waals surface area contributed by atoms with Crippen molar-refractivity contribution in [3.05, 3.63) is 89.5 Å². The van der Waals surface area contributed by atoms with Gasteiger partial charge in [0.05, 0.1) is 62.5 Å². The van der Waals surface area contributed by atoms with Crippen LogP contribution in [0, 0.1) is 0 Å². The third-order valence-electron chi connectivity index (χ3n) is 11.7. The van der Waals surface area contributed by atoms with Crippen molar-refractivity contribution >= 4 is 47.0 Å². The van der Waals surface area contributed by atoms with E-state index in [1.54, 1.807) is 24.7 Å². The second-order valence-electron chi connectivity index (χ2n) is 16.7. The van der Waals surface area contributed by atoms with Crippen molar-refractivity contribution in [3.63, 3.8) is 0 Å². The molecule has 4 aromatic rings. The minimum absolute atomic E-state index is 0.0284. The number of hydrogen-bond donors (Lipinski definition) is 4. The SMILES string of the molecule is NC(=O)c1cc(-c2cn(CCCCNC(=O)CCOCCOCCNc3cccc4c3C(=O)N(C3CCC(=O)NC3=O)C4=O)cn2)cnc1O[C@@H]1CCN(C(=O)Cc2ccc(OC(F)(F)F)cc2)C[C@H]1F. The number of halogens is 4. The summed E-state index contributed by atoms with van der Waals surface area (Å²) in [6.45, 7) is 2.10. The first-order valence-corrected chi connectivity index (χ1v) is 22.8. The van der Waals surface area contributed by atoms with E-state index in [0.717, 1.165) is 17.0 Å². The Hall–Kier alpha value is -7.47. The summed E-state index contributed by atoms with van der Waals surface area (Å²) in [5.74, 6) is -4.37. The minimum atomic E-state index is -4.85. The fourth-order valence-corrected chi connectivity index (χ4v) is 8.12. The zero-order valence-electron chi connectivity index (χ0n) is 38.2. The molecule has 2 aromatic heterocycles. The monoisotopic (exact) mass is 993 g/mol. The van der Waals surface area contributed by atoms with E-state index in [1.807, 2.05) is 4.57 Å². The van der Waals surface area contributed by atoms with E-state index in [-0.39, 0.29) is 100 Å². The maximum absolute atomic E-state index is 15.3. The van der Waals surface area contributed by atoms with Crippen LogP contribution in [-0.4, -0.2) is 143 Å². The van der Waals surface area contributed by atoms with Crippen LogP contribution in [0.1, 0.15) is 75.2 Å². The van der Waals surface area contributed by atoms with Crippen molar-refractivity contribution in [3.8, 4) is 22.9 Å². The number of fused-ring (bicyclic) bond motifs is 1. The number of carbonyl (C=O) groups excluding carboxylic acids is 7. The van der Waals surface area contributed by atoms with Gasteiger partial charge in [0, 0.05) is 69.1 Å². The molecular weight excluding hydrogens is 943 g/mol. The Balaban J connectivity index is 0.743. The number of imide groups is 2. The number of likely N-dealkylation sites (tertiary alicyclic amines) is 1. The highest BCUT2D eigenvalue weighted by Gasteiger charge is 2.45. The second-order valence-corrected chi connectivity index (χ2v) is 16.7. The number of imidazole rings is 1. The molecule has 1 unspecified atom stereocenters. The molecule has 20 nitrogen and oxygen atoms in total. The van der Waals surface area contributed by atoms with Gasteiger partial charge < -0.3 is 44.8 Å². The maximum Gasteiger partial charge on any atom is 0.573 e. The number of unbranched alkanes of at least 4 members (excludes halogenated alkanes) is 1. The lowest BCUT2D eigenvalue weighted by atomic mass is 10.0. The molecule has 7 amide bonds. The number of benzene rings is 2. The third-order valence-corrected chi connectivity index (χ3v) is 11.7. The Kier molecular flexibility index (Phi) is 17.0. The number of primary amides is 1. The lowest BCUT2D eigenvalue weighted by Crippen LogP contribution is -2.54. The smallest absolute Gasteiger partial charge is 0.471 e. The van der Waals surface area contributed by atoms with Crippen LogP contribution < -0.4 is 31.2 Å². The van der Waals surface area contributed by atoms with Crippen LogP contribution in [0.3, 0.4) is 0 Å². The molecule has 0 spiro atoms. The lowest BCUT2D eigenvalue weighted by Gasteiger charge is -2.34. The highest BCUT2D eigenvalue weighted by molar-refractivity contribution is 6.25. The van der Waals surface area contributed by atoms with Crippen molar-refractivity contribution in [2.24, 2.45) is 5.73 Å². The average Bonchev–Trinajstić information content (AvgIpc) is 3.90. The van der Waals surface area contributed by atoms with Gasteiger partial charge in [0.1, 0.15) is 23.5 Å². The number of carbonyl (C=O) groups is 7. The van der Waals surface area contributed by atoms with Crippen LogP contribution >= 0.6 is 0 Å². The number of nitrogens with one attached hydrogen (secondary N) is 3. The number of pyridine rings is 1. The number of hydrogen-bond acceptors (Lipinski definition) is 14. The maximum atomic E-state index is 15.3. The van der Waals surface area contributed by atoms with Crippen LogP contribution in [-0.2, 0) is 41.6 Å². The number of amides is 7. The third kappa shape index (κ3) is 13.7. The van der Waals surface area contributed by atoms with Crippen molar-refractivity contribution < 1.29 is 70.1 Å². The van der Waals surface area contributed by atoms with Gasteiger partial charge in [-0.3, -0.25) is 43.8 Å². The van der Waals surface area contributed by atoms with Gasteiger partial charge in [0.2, 0.25) is 29.5 Å². The number of nitrogens with zero attached hydrogens (tertiary/aromatic N) is 5. The Labute approximate surface area is 403 Å².